The van der Waals surface area contributed by atoms with Gasteiger partial charge >= 0.3 is 12.3 Å². The molecule has 0 aromatic heterocycles. The zero-order valence-electron chi connectivity index (χ0n) is 20.4. The molecule has 1 fully saturated rings. The van der Waals surface area contributed by atoms with Gasteiger partial charge in [-0.3, -0.25) is 9.69 Å². The quantitative estimate of drug-likeness (QED) is 0.455. The first-order valence-corrected chi connectivity index (χ1v) is 13.1. The number of aromatic hydroxyl groups is 1. The lowest BCUT2D eigenvalue weighted by Gasteiger charge is -2.47. The molecule has 1 aliphatic rings. The van der Waals surface area contributed by atoms with E-state index >= 15 is 0 Å². The number of phenols is 1. The molecule has 37 heavy (non-hydrogen) atoms. The minimum absolute atomic E-state index is 0.0262. The number of nitrogens with zero attached hydrogens (tertiary/aromatic N) is 2. The maximum Gasteiger partial charge on any atom is 0.573 e. The summed E-state index contributed by atoms with van der Waals surface area (Å²) in [5.41, 5.74) is 0.891. The van der Waals surface area contributed by atoms with Crippen LogP contribution in [0.25, 0.3) is 0 Å². The summed E-state index contributed by atoms with van der Waals surface area (Å²) in [6.45, 7) is 8.26. The zero-order chi connectivity index (χ0) is 27.5. The summed E-state index contributed by atoms with van der Waals surface area (Å²) < 4.78 is 68.5. The van der Waals surface area contributed by atoms with Crippen LogP contribution in [0.5, 0.6) is 11.5 Å². The number of halogens is 3. The molecule has 202 valence electrons. The van der Waals surface area contributed by atoms with Gasteiger partial charge in [0.05, 0.1) is 4.90 Å². The van der Waals surface area contributed by atoms with Gasteiger partial charge in [-0.25, -0.2) is 8.42 Å². The van der Waals surface area contributed by atoms with Gasteiger partial charge in [0.2, 0.25) is 0 Å². The van der Waals surface area contributed by atoms with Crippen LogP contribution in [0.3, 0.4) is 0 Å². The highest BCUT2D eigenvalue weighted by atomic mass is 32.2. The van der Waals surface area contributed by atoms with Gasteiger partial charge in [0.25, 0.3) is 0 Å². The third-order valence-electron chi connectivity index (χ3n) is 6.22. The maximum absolute atomic E-state index is 13.6. The number of ether oxygens (including phenoxy) is 1. The highest BCUT2D eigenvalue weighted by Crippen LogP contribution is 2.32. The van der Waals surface area contributed by atoms with Crippen LogP contribution in [0.15, 0.2) is 60.0 Å². The lowest BCUT2D eigenvalue weighted by Crippen LogP contribution is -2.61. The predicted octanol–water partition coefficient (Wildman–Crippen LogP) is 4.19. The van der Waals surface area contributed by atoms with Crippen molar-refractivity contribution in [3.05, 3.63) is 60.7 Å². The molecule has 8 nitrogen and oxygen atoms in total. The van der Waals surface area contributed by atoms with Gasteiger partial charge in [0.1, 0.15) is 16.9 Å². The Morgan fingerprint density at radius 2 is 1.76 bits per heavy atom. The van der Waals surface area contributed by atoms with Gasteiger partial charge in [-0.1, -0.05) is 6.08 Å². The van der Waals surface area contributed by atoms with Crippen molar-refractivity contribution in [2.75, 3.05) is 18.0 Å². The number of alkyl halides is 3. The van der Waals surface area contributed by atoms with E-state index in [0.29, 0.717) is 18.8 Å². The summed E-state index contributed by atoms with van der Waals surface area (Å²) in [7, 11) is -3.99. The molecule has 0 saturated carbocycles. The molecule has 2 aromatic rings. The molecule has 3 unspecified atom stereocenters. The highest BCUT2D eigenvalue weighted by Gasteiger charge is 2.40. The molecule has 3 atom stereocenters. The van der Waals surface area contributed by atoms with Crippen LogP contribution in [0, 0.1) is 0 Å². The number of anilines is 1. The molecule has 2 N–H and O–H groups in total. The van der Waals surface area contributed by atoms with E-state index in [0.717, 1.165) is 0 Å². The lowest BCUT2D eigenvalue weighted by atomic mass is 10.1. The topological polar surface area (TPSA) is 107 Å². The number of carboxylic acid groups (broad SMARTS) is 1. The van der Waals surface area contributed by atoms with Gasteiger partial charge in [0.15, 0.2) is 9.84 Å². The second-order valence-electron chi connectivity index (χ2n) is 8.95. The molecule has 0 spiro atoms. The van der Waals surface area contributed by atoms with E-state index in [2.05, 4.69) is 11.3 Å². The van der Waals surface area contributed by atoms with E-state index in [-0.39, 0.29) is 46.9 Å². The number of carbonyl (C=O) groups is 1. The van der Waals surface area contributed by atoms with Crippen molar-refractivity contribution in [3.8, 4) is 11.5 Å². The molecular weight excluding hydrogens is 513 g/mol. The van der Waals surface area contributed by atoms with Gasteiger partial charge in [-0.15, -0.1) is 19.8 Å². The normalized spacial score (nSPS) is 19.9. The summed E-state index contributed by atoms with van der Waals surface area (Å²) in [6.07, 6.45) is -3.73. The monoisotopic (exact) mass is 542 g/mol. The number of hydrogen-bond acceptors (Lipinski definition) is 7. The minimum Gasteiger partial charge on any atom is -0.508 e. The van der Waals surface area contributed by atoms with Gasteiger partial charge in [-0.05, 0) is 68.3 Å². The van der Waals surface area contributed by atoms with Crippen molar-refractivity contribution in [1.82, 2.24) is 4.90 Å². The minimum atomic E-state index is -4.78. The van der Waals surface area contributed by atoms with Crippen molar-refractivity contribution >= 4 is 21.5 Å². The van der Waals surface area contributed by atoms with E-state index in [1.807, 2.05) is 23.6 Å². The van der Waals surface area contributed by atoms with E-state index in [1.54, 1.807) is 0 Å². The van der Waals surface area contributed by atoms with E-state index < -0.39 is 27.5 Å². The number of piperazine rings is 1. The zero-order valence-corrected chi connectivity index (χ0v) is 21.2. The van der Waals surface area contributed by atoms with Crippen LogP contribution in [-0.2, 0) is 21.1 Å². The van der Waals surface area contributed by atoms with Crippen molar-refractivity contribution < 1.29 is 41.3 Å². The molecule has 0 radical (unpaired) electrons. The number of aliphatic carboxylic acids is 1. The van der Waals surface area contributed by atoms with Crippen molar-refractivity contribution in [3.63, 3.8) is 0 Å². The van der Waals surface area contributed by atoms with Crippen LogP contribution in [-0.4, -0.2) is 66.4 Å². The summed E-state index contributed by atoms with van der Waals surface area (Å²) in [5, 5.41) is 17.9. The summed E-state index contributed by atoms with van der Waals surface area (Å²) >= 11 is 0. The Labute approximate surface area is 213 Å². The van der Waals surface area contributed by atoms with Crippen LogP contribution in [0.1, 0.15) is 25.8 Å². The van der Waals surface area contributed by atoms with Crippen LogP contribution in [0.2, 0.25) is 0 Å². The molecule has 1 saturated heterocycles. The first-order chi connectivity index (χ1) is 17.2. The third-order valence-corrected chi connectivity index (χ3v) is 8.21. The fraction of sp³-hybridized carbons (Fsp3) is 0.400. The first kappa shape index (κ1) is 28.3. The SMILES string of the molecule is C=CC(N1C(C)CN(c2ccc(OC(F)(F)F)cc2)CC1C)S(=O)(=O)c1ccc(O)c(CCC(=O)O)c1. The van der Waals surface area contributed by atoms with Crippen LogP contribution in [0.4, 0.5) is 18.9 Å². The van der Waals surface area contributed by atoms with Crippen molar-refractivity contribution in [2.24, 2.45) is 0 Å². The smallest absolute Gasteiger partial charge is 0.508 e. The molecular formula is C25H29F3N2O6S. The number of hydrogen-bond donors (Lipinski definition) is 2. The summed E-state index contributed by atoms with van der Waals surface area (Å²) in [5.74, 6) is -1.58. The summed E-state index contributed by atoms with van der Waals surface area (Å²) in [6, 6.07) is 8.75. The van der Waals surface area contributed by atoms with E-state index in [1.165, 1.54) is 48.5 Å². The van der Waals surface area contributed by atoms with Crippen LogP contribution < -0.4 is 9.64 Å². The van der Waals surface area contributed by atoms with E-state index in [9.17, 15) is 31.5 Å². The second-order valence-corrected chi connectivity index (χ2v) is 11.0. The fourth-order valence-corrected chi connectivity index (χ4v) is 6.47. The Morgan fingerprint density at radius 3 is 2.27 bits per heavy atom. The Morgan fingerprint density at radius 1 is 1.16 bits per heavy atom. The number of carboxylic acids is 1. The molecule has 0 bridgehead atoms. The number of phenolic OH excluding ortho intramolecular Hbond substituents is 1. The average Bonchev–Trinajstić information content (AvgIpc) is 2.79. The largest absolute Gasteiger partial charge is 0.573 e. The van der Waals surface area contributed by atoms with Crippen LogP contribution >= 0.6 is 0 Å². The molecule has 12 heteroatoms. The third kappa shape index (κ3) is 6.75. The molecule has 0 aliphatic carbocycles. The Balaban J connectivity index is 1.81. The molecule has 1 aliphatic heterocycles. The molecule has 3 rings (SSSR count). The Bertz CT molecular complexity index is 1220. The number of sulfone groups is 1. The van der Waals surface area contributed by atoms with E-state index in [4.69, 9.17) is 5.11 Å². The maximum atomic E-state index is 13.6. The standard InChI is InChI=1S/C25H29F3N2O6S/c1-4-23(37(34,35)21-10-11-22(31)18(13-21)5-12-24(32)33)30-16(2)14-29(15-17(30)3)19-6-8-20(9-7-19)36-25(26,27)28/h4,6-11,13,16-17,23,31H,1,5,12,14-15H2,2-3H3,(H,32,33). The average molecular weight is 543 g/mol. The fourth-order valence-electron chi connectivity index (χ4n) is 4.64. The molecule has 2 aromatic carbocycles. The van der Waals surface area contributed by atoms with Gasteiger partial charge in [-0.2, -0.15) is 0 Å². The number of rotatable bonds is 9. The van der Waals surface area contributed by atoms with Gasteiger partial charge in [0, 0.05) is 37.3 Å². The molecule has 0 amide bonds. The summed E-state index contributed by atoms with van der Waals surface area (Å²) in [4.78, 5) is 14.6. The van der Waals surface area contributed by atoms with Crippen molar-refractivity contribution in [1.29, 1.82) is 0 Å². The highest BCUT2D eigenvalue weighted by molar-refractivity contribution is 7.92. The second kappa shape index (κ2) is 11.0. The number of aryl methyl sites for hydroxylation is 1. The number of benzene rings is 2. The predicted molar refractivity (Wildman–Crippen MR) is 131 cm³/mol. The first-order valence-electron chi connectivity index (χ1n) is 11.5. The van der Waals surface area contributed by atoms with Gasteiger partial charge < -0.3 is 19.8 Å². The Kier molecular flexibility index (Phi) is 8.43. The molecule has 1 heterocycles. The van der Waals surface area contributed by atoms with Crippen molar-refractivity contribution in [2.45, 2.75) is 55.4 Å². The lowest BCUT2D eigenvalue weighted by molar-refractivity contribution is -0.274. The Hall–Kier alpha value is -3.25.